The van der Waals surface area contributed by atoms with E-state index in [9.17, 15) is 0 Å². The fourth-order valence-corrected chi connectivity index (χ4v) is 2.90. The Bertz CT molecular complexity index is 400. The van der Waals surface area contributed by atoms with Gasteiger partial charge in [-0.25, -0.2) is 0 Å². The molecule has 2 fully saturated rings. The van der Waals surface area contributed by atoms with Gasteiger partial charge in [0.15, 0.2) is 0 Å². The Balaban J connectivity index is 1.62. The summed E-state index contributed by atoms with van der Waals surface area (Å²) in [6, 6.07) is 5.27. The molecule has 1 atom stereocenters. The van der Waals surface area contributed by atoms with E-state index in [2.05, 4.69) is 15.2 Å². The van der Waals surface area contributed by atoms with Crippen LogP contribution >= 0.6 is 11.6 Å². The summed E-state index contributed by atoms with van der Waals surface area (Å²) in [5.41, 5.74) is 1.09. The van der Waals surface area contributed by atoms with Crippen molar-refractivity contribution in [1.82, 2.24) is 15.2 Å². The lowest BCUT2D eigenvalue weighted by Crippen LogP contribution is -2.38. The average molecular weight is 266 g/mol. The van der Waals surface area contributed by atoms with E-state index in [0.717, 1.165) is 29.8 Å². The van der Waals surface area contributed by atoms with E-state index < -0.39 is 0 Å². The number of hydrogen-bond acceptors (Lipinski definition) is 3. The SMILES string of the molecule is Clc1ccnc(CN(CC2CCCN2)C2CC2)c1. The molecular formula is C14H20ClN3. The number of rotatable bonds is 5. The molecule has 4 heteroatoms. The normalized spacial score (nSPS) is 23.8. The second-order valence-electron chi connectivity index (χ2n) is 5.42. The Morgan fingerprint density at radius 3 is 2.94 bits per heavy atom. The predicted molar refractivity (Wildman–Crippen MR) is 73.7 cm³/mol. The molecule has 1 N–H and O–H groups in total. The van der Waals surface area contributed by atoms with Crippen molar-refractivity contribution in [3.8, 4) is 0 Å². The first-order valence-electron chi connectivity index (χ1n) is 6.89. The molecule has 2 aliphatic rings. The smallest absolute Gasteiger partial charge is 0.0558 e. The molecule has 1 aliphatic carbocycles. The third-order valence-corrected chi connectivity index (χ3v) is 4.06. The highest BCUT2D eigenvalue weighted by molar-refractivity contribution is 6.30. The van der Waals surface area contributed by atoms with E-state index in [-0.39, 0.29) is 0 Å². The van der Waals surface area contributed by atoms with Gasteiger partial charge in [-0.2, -0.15) is 0 Å². The summed E-state index contributed by atoms with van der Waals surface area (Å²) in [6.07, 6.45) is 7.11. The van der Waals surface area contributed by atoms with Crippen LogP contribution in [0.4, 0.5) is 0 Å². The van der Waals surface area contributed by atoms with E-state index in [1.165, 1.54) is 32.2 Å². The van der Waals surface area contributed by atoms with Crippen molar-refractivity contribution in [3.05, 3.63) is 29.0 Å². The van der Waals surface area contributed by atoms with Crippen molar-refractivity contribution in [1.29, 1.82) is 0 Å². The minimum atomic E-state index is 0.671. The minimum Gasteiger partial charge on any atom is -0.313 e. The lowest BCUT2D eigenvalue weighted by Gasteiger charge is -2.25. The first kappa shape index (κ1) is 12.4. The summed E-state index contributed by atoms with van der Waals surface area (Å²) in [4.78, 5) is 6.99. The summed E-state index contributed by atoms with van der Waals surface area (Å²) in [5, 5.41) is 4.37. The molecule has 1 saturated heterocycles. The van der Waals surface area contributed by atoms with Gasteiger partial charge in [-0.3, -0.25) is 9.88 Å². The molecule has 3 rings (SSSR count). The molecule has 3 nitrogen and oxygen atoms in total. The number of hydrogen-bond donors (Lipinski definition) is 1. The molecule has 1 aliphatic heterocycles. The Labute approximate surface area is 114 Å². The van der Waals surface area contributed by atoms with Crippen LogP contribution in [0.2, 0.25) is 5.02 Å². The quantitative estimate of drug-likeness (QED) is 0.887. The summed E-state index contributed by atoms with van der Waals surface area (Å²) >= 11 is 6.02. The van der Waals surface area contributed by atoms with Crippen LogP contribution < -0.4 is 5.32 Å². The van der Waals surface area contributed by atoms with Crippen LogP contribution in [0, 0.1) is 0 Å². The number of nitrogens with one attached hydrogen (secondary N) is 1. The summed E-state index contributed by atoms with van der Waals surface area (Å²) < 4.78 is 0. The predicted octanol–water partition coefficient (Wildman–Crippen LogP) is 2.45. The third kappa shape index (κ3) is 3.22. The van der Waals surface area contributed by atoms with Crippen molar-refractivity contribution in [2.24, 2.45) is 0 Å². The highest BCUT2D eigenvalue weighted by atomic mass is 35.5. The second-order valence-corrected chi connectivity index (χ2v) is 5.86. The maximum absolute atomic E-state index is 6.02. The highest BCUT2D eigenvalue weighted by Crippen LogP contribution is 2.29. The zero-order valence-corrected chi connectivity index (χ0v) is 11.4. The topological polar surface area (TPSA) is 28.2 Å². The molecule has 1 unspecified atom stereocenters. The summed E-state index contributed by atoms with van der Waals surface area (Å²) in [6.45, 7) is 3.26. The monoisotopic (exact) mass is 265 g/mol. The van der Waals surface area contributed by atoms with Crippen LogP contribution in [-0.2, 0) is 6.54 Å². The Morgan fingerprint density at radius 2 is 2.28 bits per heavy atom. The van der Waals surface area contributed by atoms with E-state index in [1.807, 2.05) is 12.1 Å². The van der Waals surface area contributed by atoms with E-state index in [0.29, 0.717) is 6.04 Å². The Morgan fingerprint density at radius 1 is 1.39 bits per heavy atom. The zero-order valence-electron chi connectivity index (χ0n) is 10.6. The fourth-order valence-electron chi connectivity index (χ4n) is 2.72. The van der Waals surface area contributed by atoms with Crippen LogP contribution in [0.1, 0.15) is 31.4 Å². The van der Waals surface area contributed by atoms with Gasteiger partial charge in [0.25, 0.3) is 0 Å². The van der Waals surface area contributed by atoms with E-state index in [4.69, 9.17) is 11.6 Å². The molecule has 98 valence electrons. The highest BCUT2D eigenvalue weighted by Gasteiger charge is 2.31. The van der Waals surface area contributed by atoms with E-state index >= 15 is 0 Å². The molecule has 18 heavy (non-hydrogen) atoms. The van der Waals surface area contributed by atoms with Gasteiger partial charge in [0.05, 0.1) is 5.69 Å². The van der Waals surface area contributed by atoms with E-state index in [1.54, 1.807) is 6.20 Å². The number of pyridine rings is 1. The van der Waals surface area contributed by atoms with Crippen molar-refractivity contribution in [3.63, 3.8) is 0 Å². The fraction of sp³-hybridized carbons (Fsp3) is 0.643. The first-order valence-corrected chi connectivity index (χ1v) is 7.27. The van der Waals surface area contributed by atoms with Crippen molar-refractivity contribution in [2.45, 2.75) is 44.3 Å². The molecule has 2 heterocycles. The maximum Gasteiger partial charge on any atom is 0.0558 e. The van der Waals surface area contributed by atoms with Crippen LogP contribution in [-0.4, -0.2) is 35.1 Å². The van der Waals surface area contributed by atoms with Gasteiger partial charge in [-0.05, 0) is 44.4 Å². The largest absolute Gasteiger partial charge is 0.313 e. The molecule has 0 aromatic carbocycles. The molecular weight excluding hydrogens is 246 g/mol. The first-order chi connectivity index (χ1) is 8.81. The molecule has 1 aromatic rings. The lowest BCUT2D eigenvalue weighted by atomic mass is 10.2. The average Bonchev–Trinajstić information content (AvgIpc) is 3.08. The van der Waals surface area contributed by atoms with Gasteiger partial charge < -0.3 is 5.32 Å². The van der Waals surface area contributed by atoms with Gasteiger partial charge in [0.1, 0.15) is 0 Å². The van der Waals surface area contributed by atoms with Crippen LogP contribution in [0.15, 0.2) is 18.3 Å². The third-order valence-electron chi connectivity index (χ3n) is 3.82. The second kappa shape index (κ2) is 5.55. The summed E-state index contributed by atoms with van der Waals surface area (Å²) in [5.74, 6) is 0. The number of aromatic nitrogens is 1. The number of halogens is 1. The molecule has 0 amide bonds. The van der Waals surface area contributed by atoms with Gasteiger partial charge in [-0.15, -0.1) is 0 Å². The molecule has 1 aromatic heterocycles. The van der Waals surface area contributed by atoms with Gasteiger partial charge in [0.2, 0.25) is 0 Å². The standard InChI is InChI=1S/C14H20ClN3/c15-11-5-7-17-13(8-11)10-18(14-3-4-14)9-12-2-1-6-16-12/h5,7-8,12,14,16H,1-4,6,9-10H2. The zero-order chi connectivity index (χ0) is 12.4. The molecule has 0 bridgehead atoms. The minimum absolute atomic E-state index is 0.671. The number of nitrogens with zero attached hydrogens (tertiary/aromatic N) is 2. The van der Waals surface area contributed by atoms with Gasteiger partial charge >= 0.3 is 0 Å². The maximum atomic E-state index is 6.02. The van der Waals surface area contributed by atoms with Crippen molar-refractivity contribution in [2.75, 3.05) is 13.1 Å². The van der Waals surface area contributed by atoms with Gasteiger partial charge in [-0.1, -0.05) is 11.6 Å². The van der Waals surface area contributed by atoms with Crippen LogP contribution in [0.3, 0.4) is 0 Å². The van der Waals surface area contributed by atoms with Crippen molar-refractivity contribution < 1.29 is 0 Å². The van der Waals surface area contributed by atoms with Crippen molar-refractivity contribution >= 4 is 11.6 Å². The molecule has 0 spiro atoms. The van der Waals surface area contributed by atoms with Crippen LogP contribution in [0.25, 0.3) is 0 Å². The Hall–Kier alpha value is -0.640. The summed E-state index contributed by atoms with van der Waals surface area (Å²) in [7, 11) is 0. The Kier molecular flexibility index (Phi) is 3.83. The van der Waals surface area contributed by atoms with Gasteiger partial charge in [0, 0.05) is 36.4 Å². The molecule has 1 saturated carbocycles. The lowest BCUT2D eigenvalue weighted by molar-refractivity contribution is 0.228. The van der Waals surface area contributed by atoms with Crippen LogP contribution in [0.5, 0.6) is 0 Å². The molecule has 0 radical (unpaired) electrons.